The van der Waals surface area contributed by atoms with Crippen LogP contribution in [0.2, 0.25) is 0 Å². The van der Waals surface area contributed by atoms with Crippen LogP contribution in [0.5, 0.6) is 0 Å². The number of ether oxygens (including phenoxy) is 1. The van der Waals surface area contributed by atoms with E-state index in [1.54, 1.807) is 26.4 Å². The van der Waals surface area contributed by atoms with Crippen molar-refractivity contribution in [2.24, 2.45) is 20.4 Å². The predicted molar refractivity (Wildman–Crippen MR) is 187 cm³/mol. The molecule has 1 radical (unpaired) electrons. The van der Waals surface area contributed by atoms with Gasteiger partial charge in [0.15, 0.2) is 6.35 Å². The Kier molecular flexibility index (Phi) is 17.0. The summed E-state index contributed by atoms with van der Waals surface area (Å²) in [6.45, 7) is 2.69. The number of nitrogens with zero attached hydrogens (tertiary/aromatic N) is 5. The van der Waals surface area contributed by atoms with Crippen LogP contribution in [0, 0.1) is 0 Å². The summed E-state index contributed by atoms with van der Waals surface area (Å²) in [5.74, 6) is 0. The SMILES string of the molecule is CNC([S-])=NN=C(C(C)=NN=C([S-])NCCOC[P+](c1ccccc1)(c1ccccc1)c1ccccc1)c1cccnc1.[Br-].[Cu+2]. The fourth-order valence-corrected chi connectivity index (χ4v) is 8.31. The average molecular weight is 770 g/mol. The van der Waals surface area contributed by atoms with Crippen molar-refractivity contribution >= 4 is 70.2 Å². The molecule has 237 valence electrons. The number of benzene rings is 3. The minimum absolute atomic E-state index is 0. The molecule has 13 heteroatoms. The molecule has 0 unspecified atom stereocenters. The molecule has 0 amide bonds. The van der Waals surface area contributed by atoms with E-state index in [1.807, 2.05) is 30.3 Å². The zero-order valence-corrected chi connectivity index (χ0v) is 29.7. The van der Waals surface area contributed by atoms with Crippen LogP contribution in [0.4, 0.5) is 0 Å². The summed E-state index contributed by atoms with van der Waals surface area (Å²) in [5, 5.41) is 26.9. The topological polar surface area (TPSA) is 95.6 Å². The largest absolute Gasteiger partial charge is 2.00 e. The molecule has 4 aromatic rings. The summed E-state index contributed by atoms with van der Waals surface area (Å²) in [4.78, 5) is 4.16. The monoisotopic (exact) mass is 768 g/mol. The molecular formula is C32H33BrCuN7OPS2. The van der Waals surface area contributed by atoms with Gasteiger partial charge < -0.3 is 57.6 Å². The molecule has 45 heavy (non-hydrogen) atoms. The summed E-state index contributed by atoms with van der Waals surface area (Å²) in [7, 11) is -0.386. The van der Waals surface area contributed by atoms with Crippen molar-refractivity contribution in [3.63, 3.8) is 0 Å². The Balaban J connectivity index is 0.00000353. The van der Waals surface area contributed by atoms with Gasteiger partial charge in [0, 0.05) is 31.5 Å². The van der Waals surface area contributed by atoms with Gasteiger partial charge in [-0.3, -0.25) is 4.98 Å². The first-order valence-electron chi connectivity index (χ1n) is 13.6. The molecule has 8 nitrogen and oxygen atoms in total. The molecule has 0 atom stereocenters. The van der Waals surface area contributed by atoms with Gasteiger partial charge >= 0.3 is 17.1 Å². The molecule has 4 rings (SSSR count). The van der Waals surface area contributed by atoms with Gasteiger partial charge in [-0.05, 0) is 65.8 Å². The quantitative estimate of drug-likeness (QED) is 0.0421. The Morgan fingerprint density at radius 1 is 0.756 bits per heavy atom. The smallest absolute Gasteiger partial charge is 1.00 e. The number of hydrogen-bond acceptors (Lipinski definition) is 8. The van der Waals surface area contributed by atoms with Crippen LogP contribution in [-0.2, 0) is 47.1 Å². The summed E-state index contributed by atoms with van der Waals surface area (Å²) in [6, 6.07) is 35.6. The van der Waals surface area contributed by atoms with Gasteiger partial charge in [-0.25, -0.2) is 0 Å². The minimum Gasteiger partial charge on any atom is -1.00 e. The average Bonchev–Trinajstić information content (AvgIpc) is 3.07. The van der Waals surface area contributed by atoms with Crippen LogP contribution in [0.25, 0.3) is 0 Å². The number of hydrogen-bond donors (Lipinski definition) is 2. The maximum Gasteiger partial charge on any atom is 2.00 e. The second kappa shape index (κ2) is 20.1. The number of rotatable bonds is 12. The maximum atomic E-state index is 6.39. The van der Waals surface area contributed by atoms with Crippen LogP contribution in [-0.4, -0.2) is 53.3 Å². The molecule has 0 saturated heterocycles. The Morgan fingerprint density at radius 3 is 1.78 bits per heavy atom. The molecule has 0 saturated carbocycles. The van der Waals surface area contributed by atoms with Crippen LogP contribution in [0.15, 0.2) is 136 Å². The van der Waals surface area contributed by atoms with Crippen LogP contribution in [0.3, 0.4) is 0 Å². The van der Waals surface area contributed by atoms with Gasteiger partial charge in [-0.2, -0.15) is 15.3 Å². The third kappa shape index (κ3) is 10.8. The second-order valence-electron chi connectivity index (χ2n) is 9.22. The number of amidine groups is 2. The number of halogens is 1. The van der Waals surface area contributed by atoms with Gasteiger partial charge in [-0.1, -0.05) is 54.6 Å². The second-order valence-corrected chi connectivity index (χ2v) is 13.4. The number of pyridine rings is 1. The van der Waals surface area contributed by atoms with Gasteiger partial charge in [0.2, 0.25) is 0 Å². The number of aromatic nitrogens is 1. The molecule has 0 aliphatic carbocycles. The molecule has 1 heterocycles. The molecule has 0 fully saturated rings. The third-order valence-electron chi connectivity index (χ3n) is 6.42. The number of nitrogens with one attached hydrogen (secondary N) is 2. The predicted octanol–water partition coefficient (Wildman–Crippen LogP) is 0.746. The van der Waals surface area contributed by atoms with Gasteiger partial charge in [0.1, 0.15) is 28.9 Å². The summed E-state index contributed by atoms with van der Waals surface area (Å²) in [5.41, 5.74) is 1.73. The molecule has 0 bridgehead atoms. The summed E-state index contributed by atoms with van der Waals surface area (Å²) >= 11 is 10.5. The minimum atomic E-state index is -2.07. The van der Waals surface area contributed by atoms with Crippen LogP contribution < -0.4 is 43.5 Å². The molecular weight excluding hydrogens is 737 g/mol. The Bertz CT molecular complexity index is 1470. The first-order valence-corrected chi connectivity index (χ1v) is 16.4. The Hall–Kier alpha value is -3.08. The van der Waals surface area contributed by atoms with E-state index in [0.29, 0.717) is 30.9 Å². The van der Waals surface area contributed by atoms with Crippen molar-refractivity contribution in [1.29, 1.82) is 0 Å². The van der Waals surface area contributed by atoms with E-state index in [1.165, 1.54) is 15.9 Å². The van der Waals surface area contributed by atoms with Gasteiger partial charge in [-0.15, -0.1) is 5.10 Å². The van der Waals surface area contributed by atoms with E-state index in [4.69, 9.17) is 30.0 Å². The molecule has 0 aliphatic heterocycles. The summed E-state index contributed by atoms with van der Waals surface area (Å²) < 4.78 is 6.39. The van der Waals surface area contributed by atoms with E-state index in [0.717, 1.165) is 5.56 Å². The van der Waals surface area contributed by atoms with Crippen molar-refractivity contribution in [3.8, 4) is 0 Å². The fourth-order valence-electron chi connectivity index (χ4n) is 4.34. The molecule has 1 aromatic heterocycles. The molecule has 3 aromatic carbocycles. The first kappa shape index (κ1) is 38.1. The van der Waals surface area contributed by atoms with E-state index in [9.17, 15) is 0 Å². The standard InChI is InChI=1S/C32H34N7OPS2.BrH.Cu/c1-25(30(37-38-31(42)33-2)26-13-12-20-34-23-26)36-39-32(43)35-21-22-40-24-41(27-14-6-3-7-15-27,28-16-8-4-9-17-28)29-18-10-5-11-19-29;;/h3-20,23H,21-22,24H2,1-2H3,(H3-,33,35,36,37,38,39,42,43);1H;/q;;+2/p-2. The van der Waals surface area contributed by atoms with Crippen LogP contribution in [0.1, 0.15) is 12.5 Å². The van der Waals surface area contributed by atoms with Gasteiger partial charge in [0.05, 0.1) is 12.3 Å². The van der Waals surface area contributed by atoms with E-state index in [2.05, 4.69) is 109 Å². The summed E-state index contributed by atoms with van der Waals surface area (Å²) in [6.07, 6.45) is 3.91. The van der Waals surface area contributed by atoms with Crippen molar-refractivity contribution in [1.82, 2.24) is 15.6 Å². The van der Waals surface area contributed by atoms with Crippen molar-refractivity contribution in [3.05, 3.63) is 121 Å². The van der Waals surface area contributed by atoms with E-state index >= 15 is 0 Å². The van der Waals surface area contributed by atoms with Crippen molar-refractivity contribution < 1.29 is 38.8 Å². The fraction of sp³-hybridized carbons (Fsp3) is 0.156. The zero-order valence-electron chi connectivity index (χ0n) is 24.7. The van der Waals surface area contributed by atoms with Crippen molar-refractivity contribution in [2.45, 2.75) is 6.92 Å². The van der Waals surface area contributed by atoms with Gasteiger partial charge in [0.25, 0.3) is 0 Å². The zero-order chi connectivity index (χ0) is 30.3. The maximum absolute atomic E-state index is 6.39. The first-order chi connectivity index (χ1) is 21.0. The van der Waals surface area contributed by atoms with Crippen LogP contribution >= 0.6 is 7.26 Å². The third-order valence-corrected chi connectivity index (χ3v) is 11.0. The van der Waals surface area contributed by atoms with Crippen molar-refractivity contribution in [2.75, 3.05) is 26.5 Å². The van der Waals surface area contributed by atoms with E-state index < -0.39 is 7.26 Å². The van der Waals surface area contributed by atoms with E-state index in [-0.39, 0.29) is 44.4 Å². The Labute approximate surface area is 297 Å². The Morgan fingerprint density at radius 2 is 1.29 bits per heavy atom. The molecule has 2 N–H and O–H groups in total. The molecule has 0 spiro atoms. The normalized spacial score (nSPS) is 12.5. The molecule has 0 aliphatic rings.